The number of ether oxygens (including phenoxy) is 1. The van der Waals surface area contributed by atoms with Gasteiger partial charge in [0.25, 0.3) is 7.82 Å². The number of unbranched alkanes of at least 4 members (excludes halogenated alkanes) is 24. The number of phosphoric ester groups is 1. The molecule has 81 heavy (non-hydrogen) atoms. The van der Waals surface area contributed by atoms with Gasteiger partial charge in [-0.05, 0) is 115 Å². The van der Waals surface area contributed by atoms with Crippen LogP contribution < -0.4 is 10.2 Å². The number of rotatable bonds is 58. The van der Waals surface area contributed by atoms with E-state index in [1.54, 1.807) is 0 Å². The summed E-state index contributed by atoms with van der Waals surface area (Å²) in [6.45, 7) is 6.65. The highest BCUT2D eigenvalue weighted by Crippen LogP contribution is 2.38. The van der Waals surface area contributed by atoms with Crippen LogP contribution in [-0.4, -0.2) is 69.4 Å². The van der Waals surface area contributed by atoms with E-state index in [4.69, 9.17) is 13.8 Å². The lowest BCUT2D eigenvalue weighted by molar-refractivity contribution is -0.870. The molecule has 0 aliphatic heterocycles. The van der Waals surface area contributed by atoms with Crippen molar-refractivity contribution in [1.82, 2.24) is 5.32 Å². The Balaban J connectivity index is 5.27. The first-order valence-electron chi connectivity index (χ1n) is 32.8. The smallest absolute Gasteiger partial charge is 0.306 e. The Bertz CT molecular complexity index is 1800. The molecule has 464 valence electrons. The summed E-state index contributed by atoms with van der Waals surface area (Å²) in [5.74, 6) is -0.621. The Morgan fingerprint density at radius 3 is 1.23 bits per heavy atom. The van der Waals surface area contributed by atoms with E-state index in [0.717, 1.165) is 103 Å². The molecule has 0 spiro atoms. The summed E-state index contributed by atoms with van der Waals surface area (Å²) >= 11 is 0. The zero-order valence-corrected chi connectivity index (χ0v) is 53.8. The Hall–Kier alpha value is -3.59. The van der Waals surface area contributed by atoms with Crippen LogP contribution in [-0.2, 0) is 27.9 Å². The van der Waals surface area contributed by atoms with Crippen molar-refractivity contribution in [3.05, 3.63) is 122 Å². The molecule has 10 heteroatoms. The van der Waals surface area contributed by atoms with Gasteiger partial charge in [-0.15, -0.1) is 0 Å². The number of hydrogen-bond donors (Lipinski definition) is 1. The largest absolute Gasteiger partial charge is 0.756 e. The molecule has 0 heterocycles. The second-order valence-electron chi connectivity index (χ2n) is 22.9. The third-order valence-electron chi connectivity index (χ3n) is 13.9. The van der Waals surface area contributed by atoms with E-state index in [1.165, 1.54) is 116 Å². The summed E-state index contributed by atoms with van der Waals surface area (Å²) in [6, 6.07) is -0.929. The number of quaternary nitrogens is 1. The highest BCUT2D eigenvalue weighted by Gasteiger charge is 2.27. The van der Waals surface area contributed by atoms with Gasteiger partial charge in [-0.1, -0.05) is 258 Å². The molecular weight excluding hydrogens is 1020 g/mol. The number of esters is 1. The van der Waals surface area contributed by atoms with Crippen molar-refractivity contribution >= 4 is 19.7 Å². The lowest BCUT2D eigenvalue weighted by Crippen LogP contribution is -2.47. The first kappa shape index (κ1) is 77.4. The number of nitrogens with zero attached hydrogens (tertiary/aromatic N) is 1. The van der Waals surface area contributed by atoms with Crippen molar-refractivity contribution in [2.24, 2.45) is 0 Å². The fourth-order valence-electron chi connectivity index (χ4n) is 8.83. The van der Waals surface area contributed by atoms with Crippen molar-refractivity contribution in [3.63, 3.8) is 0 Å². The molecule has 0 aromatic rings. The quantitative estimate of drug-likeness (QED) is 0.0212. The maximum atomic E-state index is 13.5. The summed E-state index contributed by atoms with van der Waals surface area (Å²) in [4.78, 5) is 40.1. The molecule has 0 aromatic heterocycles. The van der Waals surface area contributed by atoms with Crippen molar-refractivity contribution in [2.45, 2.75) is 277 Å². The van der Waals surface area contributed by atoms with Crippen LogP contribution in [0.2, 0.25) is 0 Å². The third kappa shape index (κ3) is 60.8. The number of hydrogen-bond acceptors (Lipinski definition) is 7. The molecule has 0 rings (SSSR count). The fourth-order valence-corrected chi connectivity index (χ4v) is 9.56. The highest BCUT2D eigenvalue weighted by atomic mass is 31.2. The minimum absolute atomic E-state index is 0.0400. The maximum absolute atomic E-state index is 13.5. The molecule has 0 aliphatic carbocycles. The van der Waals surface area contributed by atoms with E-state index < -0.39 is 26.6 Å². The van der Waals surface area contributed by atoms with E-state index in [2.05, 4.69) is 135 Å². The standard InChI is InChI=1S/C71H123N2O7P/c1-7-10-13-16-19-22-25-28-30-32-33-34-35-36-37-38-39-41-43-46-49-52-55-58-61-64-71(75)80-69(62-59-56-53-50-47-44-27-24-21-18-15-12-9-3)68(67-79-81(76,77)78-66-65-73(4,5)6)72-70(74)63-60-57-54-51-48-45-42-40-31-29-26-23-20-17-14-11-8-2/h11,14,19-20,22-23,28-31,33-34,36-37,42,45,51,54,59,62,68-69H,7-10,12-13,15-18,21,24-27,32,35,38-41,43-44,46-50,52-53,55-58,60-61,63-67H2,1-6H3,(H-,72,74,76,77)/b14-11-,22-19-,23-20-,30-28-,31-29-,34-33-,37-36-,45-42-,54-51-,62-59-. The minimum atomic E-state index is -4.73. The molecule has 3 atom stereocenters. The second-order valence-corrected chi connectivity index (χ2v) is 24.3. The first-order valence-corrected chi connectivity index (χ1v) is 34.3. The Morgan fingerprint density at radius 2 is 0.802 bits per heavy atom. The lowest BCUT2D eigenvalue weighted by atomic mass is 10.0. The summed E-state index contributed by atoms with van der Waals surface area (Å²) < 4.78 is 30.3. The van der Waals surface area contributed by atoms with E-state index >= 15 is 0 Å². The number of amides is 1. The Kier molecular flexibility index (Phi) is 56.9. The van der Waals surface area contributed by atoms with Crippen LogP contribution in [0.5, 0.6) is 0 Å². The zero-order valence-electron chi connectivity index (χ0n) is 52.9. The molecule has 0 fully saturated rings. The van der Waals surface area contributed by atoms with E-state index in [9.17, 15) is 19.0 Å². The third-order valence-corrected chi connectivity index (χ3v) is 14.8. The molecule has 0 aliphatic rings. The summed E-state index contributed by atoms with van der Waals surface area (Å²) in [5, 5.41) is 2.99. The van der Waals surface area contributed by atoms with Gasteiger partial charge >= 0.3 is 5.97 Å². The molecule has 0 bridgehead atoms. The Labute approximate surface area is 499 Å². The lowest BCUT2D eigenvalue weighted by Gasteiger charge is -2.30. The van der Waals surface area contributed by atoms with Gasteiger partial charge in [0, 0.05) is 12.8 Å². The van der Waals surface area contributed by atoms with Crippen molar-refractivity contribution in [3.8, 4) is 0 Å². The van der Waals surface area contributed by atoms with Gasteiger partial charge in [-0.3, -0.25) is 14.2 Å². The molecule has 0 saturated carbocycles. The van der Waals surface area contributed by atoms with Crippen LogP contribution in [0.3, 0.4) is 0 Å². The monoisotopic (exact) mass is 1150 g/mol. The number of likely N-dealkylation sites (N-methyl/N-ethyl adjacent to an activating group) is 1. The number of carbonyl (C=O) groups excluding carboxylic acids is 2. The normalized spacial score (nSPS) is 14.4. The minimum Gasteiger partial charge on any atom is -0.756 e. The summed E-state index contributed by atoms with van der Waals surface area (Å²) in [7, 11) is 1.13. The van der Waals surface area contributed by atoms with Gasteiger partial charge in [0.15, 0.2) is 0 Å². The van der Waals surface area contributed by atoms with Crippen LogP contribution in [0.15, 0.2) is 122 Å². The number of phosphoric acid groups is 1. The van der Waals surface area contributed by atoms with Crippen LogP contribution in [0, 0.1) is 0 Å². The highest BCUT2D eigenvalue weighted by molar-refractivity contribution is 7.45. The predicted octanol–water partition coefficient (Wildman–Crippen LogP) is 20.0. The summed E-state index contributed by atoms with van der Waals surface area (Å²) in [5.41, 5.74) is 0. The molecule has 0 aromatic carbocycles. The molecule has 9 nitrogen and oxygen atoms in total. The Morgan fingerprint density at radius 1 is 0.444 bits per heavy atom. The molecule has 0 radical (unpaired) electrons. The van der Waals surface area contributed by atoms with E-state index in [-0.39, 0.29) is 31.3 Å². The predicted molar refractivity (Wildman–Crippen MR) is 348 cm³/mol. The molecule has 1 N–H and O–H groups in total. The first-order chi connectivity index (χ1) is 39.4. The number of allylic oxidation sites excluding steroid dienone is 19. The average molecular weight is 1150 g/mol. The van der Waals surface area contributed by atoms with Gasteiger partial charge in [-0.2, -0.15) is 0 Å². The van der Waals surface area contributed by atoms with E-state index in [1.807, 2.05) is 33.3 Å². The second kappa shape index (κ2) is 59.6. The van der Waals surface area contributed by atoms with Gasteiger partial charge in [0.1, 0.15) is 19.3 Å². The van der Waals surface area contributed by atoms with Crippen LogP contribution in [0.4, 0.5) is 0 Å². The van der Waals surface area contributed by atoms with Crippen molar-refractivity contribution in [2.75, 3.05) is 40.9 Å². The molecule has 0 saturated heterocycles. The number of nitrogens with one attached hydrogen (secondary N) is 1. The van der Waals surface area contributed by atoms with Gasteiger partial charge in [0.2, 0.25) is 5.91 Å². The molecule has 1 amide bonds. The number of carbonyl (C=O) groups is 2. The van der Waals surface area contributed by atoms with Crippen LogP contribution in [0.1, 0.15) is 265 Å². The summed E-state index contributed by atoms with van der Waals surface area (Å²) in [6.07, 6.45) is 83.2. The topological polar surface area (TPSA) is 114 Å². The van der Waals surface area contributed by atoms with Crippen molar-refractivity contribution in [1.29, 1.82) is 0 Å². The SMILES string of the molecule is CC/C=C\C/C=C\C/C=C\C/C=C\C/C=C\CCCC(=O)NC(COP(=O)([O-])OCC[N+](C)(C)C)C(/C=C\CCCCCCCCCCCCC)OC(=O)CCCCCCCCCCC/C=C\C/C=C\C/C=C\C/C=C\CCCCC. The van der Waals surface area contributed by atoms with Gasteiger partial charge in [0.05, 0.1) is 33.8 Å². The van der Waals surface area contributed by atoms with Crippen LogP contribution in [0.25, 0.3) is 0 Å². The van der Waals surface area contributed by atoms with Crippen LogP contribution >= 0.6 is 7.82 Å². The average Bonchev–Trinajstić information content (AvgIpc) is 3.44. The van der Waals surface area contributed by atoms with Gasteiger partial charge < -0.3 is 28.5 Å². The maximum Gasteiger partial charge on any atom is 0.306 e. The molecule has 3 unspecified atom stereocenters. The zero-order chi connectivity index (χ0) is 59.3. The van der Waals surface area contributed by atoms with Gasteiger partial charge in [-0.25, -0.2) is 0 Å². The van der Waals surface area contributed by atoms with E-state index in [0.29, 0.717) is 23.9 Å². The molecular formula is C71H123N2O7P. The fraction of sp³-hybridized carbons (Fsp3) is 0.690. The van der Waals surface area contributed by atoms with Crippen molar-refractivity contribution < 1.29 is 37.3 Å².